The Hall–Kier alpha value is -0.350. The number of ketones is 1. The highest BCUT2D eigenvalue weighted by Gasteiger charge is 2.08. The molecule has 0 amide bonds. The van der Waals surface area contributed by atoms with Crippen LogP contribution in [0.25, 0.3) is 0 Å². The van der Waals surface area contributed by atoms with Gasteiger partial charge in [-0.2, -0.15) is 0 Å². The van der Waals surface area contributed by atoms with Crippen molar-refractivity contribution in [3.05, 3.63) is 10.2 Å². The van der Waals surface area contributed by atoms with Gasteiger partial charge in [-0.15, -0.1) is 0 Å². The zero-order chi connectivity index (χ0) is 11.1. The molecule has 0 bridgehead atoms. The summed E-state index contributed by atoms with van der Waals surface area (Å²) in [7, 11) is 3.88. The first-order chi connectivity index (χ1) is 6.52. The van der Waals surface area contributed by atoms with Gasteiger partial charge in [0.2, 0.25) is 0 Å². The van der Waals surface area contributed by atoms with E-state index in [0.717, 1.165) is 25.2 Å². The van der Waals surface area contributed by atoms with Crippen LogP contribution < -0.4 is 5.32 Å². The minimum atomic E-state index is 0.0549. The van der Waals surface area contributed by atoms with E-state index >= 15 is 0 Å². The molecule has 82 valence electrons. The van der Waals surface area contributed by atoms with Crippen molar-refractivity contribution in [3.8, 4) is 0 Å². The lowest BCUT2D eigenvalue weighted by Gasteiger charge is -2.18. The minimum absolute atomic E-state index is 0.0549. The Balaban J connectivity index is 4.42. The lowest BCUT2D eigenvalue weighted by atomic mass is 10.3. The van der Waals surface area contributed by atoms with Crippen molar-refractivity contribution >= 4 is 21.7 Å². The molecule has 0 aliphatic rings. The standard InChI is InChI=1S/C10H19BrN2O/c1-5-6-13(4)7-9(12-3)10(11)8(2)14/h12H,5-7H2,1-4H3/b10-9+. The average molecular weight is 263 g/mol. The van der Waals surface area contributed by atoms with Gasteiger partial charge in [-0.25, -0.2) is 0 Å². The molecular weight excluding hydrogens is 244 g/mol. The fraction of sp³-hybridized carbons (Fsp3) is 0.700. The van der Waals surface area contributed by atoms with Crippen LogP contribution in [0.2, 0.25) is 0 Å². The zero-order valence-electron chi connectivity index (χ0n) is 9.35. The van der Waals surface area contributed by atoms with Crippen molar-refractivity contribution in [2.24, 2.45) is 0 Å². The Morgan fingerprint density at radius 1 is 1.50 bits per heavy atom. The molecule has 1 N–H and O–H groups in total. The van der Waals surface area contributed by atoms with Crippen LogP contribution in [0.15, 0.2) is 10.2 Å². The molecule has 0 aliphatic carbocycles. The largest absolute Gasteiger partial charge is 0.389 e. The van der Waals surface area contributed by atoms with Gasteiger partial charge in [-0.3, -0.25) is 4.79 Å². The summed E-state index contributed by atoms with van der Waals surface area (Å²) in [6, 6.07) is 0. The van der Waals surface area contributed by atoms with E-state index in [1.54, 1.807) is 6.92 Å². The molecule has 4 heteroatoms. The van der Waals surface area contributed by atoms with Gasteiger partial charge in [0.05, 0.1) is 4.48 Å². The van der Waals surface area contributed by atoms with E-state index in [0.29, 0.717) is 4.48 Å². The highest BCUT2D eigenvalue weighted by molar-refractivity contribution is 9.12. The molecule has 0 saturated carbocycles. The summed E-state index contributed by atoms with van der Waals surface area (Å²) in [5.74, 6) is 0.0549. The third kappa shape index (κ3) is 4.77. The molecule has 0 aliphatic heterocycles. The quantitative estimate of drug-likeness (QED) is 0.741. The fourth-order valence-corrected chi connectivity index (χ4v) is 1.53. The van der Waals surface area contributed by atoms with Crippen LogP contribution in [0.4, 0.5) is 0 Å². The van der Waals surface area contributed by atoms with Crippen LogP contribution in [0.1, 0.15) is 20.3 Å². The highest BCUT2D eigenvalue weighted by atomic mass is 79.9. The Labute approximate surface area is 94.7 Å². The maximum Gasteiger partial charge on any atom is 0.168 e. The van der Waals surface area contributed by atoms with Crippen molar-refractivity contribution in [1.82, 2.24) is 10.2 Å². The van der Waals surface area contributed by atoms with Crippen molar-refractivity contribution in [3.63, 3.8) is 0 Å². The Morgan fingerprint density at radius 2 is 2.07 bits per heavy atom. The third-order valence-electron chi connectivity index (χ3n) is 1.91. The SMILES string of the molecule is CCCN(C)C/C(NC)=C(\Br)C(C)=O. The molecule has 0 aromatic heterocycles. The summed E-state index contributed by atoms with van der Waals surface area (Å²) in [4.78, 5) is 13.3. The molecular formula is C10H19BrN2O. The van der Waals surface area contributed by atoms with E-state index in [-0.39, 0.29) is 5.78 Å². The van der Waals surface area contributed by atoms with Gasteiger partial charge in [-0.1, -0.05) is 6.92 Å². The Morgan fingerprint density at radius 3 is 2.43 bits per heavy atom. The number of likely N-dealkylation sites (N-methyl/N-ethyl adjacent to an activating group) is 2. The second-order valence-electron chi connectivity index (χ2n) is 3.34. The summed E-state index contributed by atoms with van der Waals surface area (Å²) in [5.41, 5.74) is 0.938. The Kier molecular flexibility index (Phi) is 6.83. The maximum atomic E-state index is 11.1. The molecule has 0 aromatic carbocycles. The summed E-state index contributed by atoms with van der Waals surface area (Å²) in [6.07, 6.45) is 1.12. The number of halogens is 1. The lowest BCUT2D eigenvalue weighted by Crippen LogP contribution is -2.27. The van der Waals surface area contributed by atoms with E-state index in [2.05, 4.69) is 33.1 Å². The molecule has 0 spiro atoms. The van der Waals surface area contributed by atoms with Crippen molar-refractivity contribution < 1.29 is 4.79 Å². The normalized spacial score (nSPS) is 12.7. The number of nitrogens with zero attached hydrogens (tertiary/aromatic N) is 1. The van der Waals surface area contributed by atoms with Gasteiger partial charge in [0, 0.05) is 19.3 Å². The topological polar surface area (TPSA) is 32.3 Å². The first kappa shape index (κ1) is 13.7. The summed E-state index contributed by atoms with van der Waals surface area (Å²) in [5, 5.41) is 3.04. The van der Waals surface area contributed by atoms with Gasteiger partial charge in [0.25, 0.3) is 0 Å². The number of hydrogen-bond donors (Lipinski definition) is 1. The fourth-order valence-electron chi connectivity index (χ4n) is 1.20. The predicted molar refractivity (Wildman–Crippen MR) is 63.5 cm³/mol. The maximum absolute atomic E-state index is 11.1. The van der Waals surface area contributed by atoms with E-state index in [4.69, 9.17) is 0 Å². The number of Topliss-reactive ketones (excluding diaryl/α,β-unsaturated/α-hetero) is 1. The lowest BCUT2D eigenvalue weighted by molar-refractivity contribution is -0.113. The summed E-state index contributed by atoms with van der Waals surface area (Å²) < 4.78 is 0.642. The number of hydrogen-bond acceptors (Lipinski definition) is 3. The molecule has 0 atom stereocenters. The number of allylic oxidation sites excluding steroid dienone is 1. The van der Waals surface area contributed by atoms with E-state index in [1.807, 2.05) is 14.1 Å². The van der Waals surface area contributed by atoms with Crippen LogP contribution in [0.3, 0.4) is 0 Å². The first-order valence-corrected chi connectivity index (χ1v) is 5.58. The third-order valence-corrected chi connectivity index (χ3v) is 2.95. The van der Waals surface area contributed by atoms with Crippen LogP contribution >= 0.6 is 15.9 Å². The van der Waals surface area contributed by atoms with E-state index in [1.165, 1.54) is 0 Å². The van der Waals surface area contributed by atoms with Crippen molar-refractivity contribution in [2.75, 3.05) is 27.2 Å². The van der Waals surface area contributed by atoms with Gasteiger partial charge in [0.1, 0.15) is 0 Å². The van der Waals surface area contributed by atoms with E-state index in [9.17, 15) is 4.79 Å². The van der Waals surface area contributed by atoms with Crippen molar-refractivity contribution in [2.45, 2.75) is 20.3 Å². The Bertz CT molecular complexity index is 226. The molecule has 0 radical (unpaired) electrons. The molecule has 0 rings (SSSR count). The van der Waals surface area contributed by atoms with Gasteiger partial charge in [-0.05, 0) is 42.9 Å². The summed E-state index contributed by atoms with van der Waals surface area (Å²) >= 11 is 3.29. The molecule has 0 saturated heterocycles. The number of nitrogens with one attached hydrogen (secondary N) is 1. The molecule has 0 unspecified atom stereocenters. The van der Waals surface area contributed by atoms with E-state index < -0.39 is 0 Å². The monoisotopic (exact) mass is 262 g/mol. The highest BCUT2D eigenvalue weighted by Crippen LogP contribution is 2.11. The van der Waals surface area contributed by atoms with Gasteiger partial charge < -0.3 is 10.2 Å². The molecule has 0 aromatic rings. The molecule has 14 heavy (non-hydrogen) atoms. The second-order valence-corrected chi connectivity index (χ2v) is 4.13. The first-order valence-electron chi connectivity index (χ1n) is 4.78. The second kappa shape index (κ2) is 7.01. The van der Waals surface area contributed by atoms with Crippen LogP contribution in [-0.4, -0.2) is 37.9 Å². The summed E-state index contributed by atoms with van der Waals surface area (Å²) in [6.45, 7) is 5.49. The molecule has 0 fully saturated rings. The van der Waals surface area contributed by atoms with Gasteiger partial charge >= 0.3 is 0 Å². The van der Waals surface area contributed by atoms with Crippen LogP contribution in [0, 0.1) is 0 Å². The van der Waals surface area contributed by atoms with Crippen molar-refractivity contribution in [1.29, 1.82) is 0 Å². The number of carbonyl (C=O) groups excluding carboxylic acids is 1. The van der Waals surface area contributed by atoms with Crippen LogP contribution in [0.5, 0.6) is 0 Å². The molecule has 3 nitrogen and oxygen atoms in total. The number of carbonyl (C=O) groups is 1. The minimum Gasteiger partial charge on any atom is -0.389 e. The predicted octanol–water partition coefficient (Wildman–Crippen LogP) is 1.74. The number of rotatable bonds is 6. The van der Waals surface area contributed by atoms with Crippen LogP contribution in [-0.2, 0) is 4.79 Å². The smallest absolute Gasteiger partial charge is 0.168 e. The zero-order valence-corrected chi connectivity index (χ0v) is 10.9. The van der Waals surface area contributed by atoms with Gasteiger partial charge in [0.15, 0.2) is 5.78 Å². The average Bonchev–Trinajstić information content (AvgIpc) is 2.13. The molecule has 0 heterocycles.